The van der Waals surface area contributed by atoms with Crippen LogP contribution in [0.15, 0.2) is 79.0 Å². The molecule has 1 aliphatic rings. The third-order valence-electron chi connectivity index (χ3n) is 7.50. The third-order valence-corrected chi connectivity index (χ3v) is 7.50. The van der Waals surface area contributed by atoms with E-state index in [0.717, 1.165) is 16.9 Å². The number of fused-ring (bicyclic) bond motifs is 1. The summed E-state index contributed by atoms with van der Waals surface area (Å²) in [6.45, 7) is 2.15. The van der Waals surface area contributed by atoms with Gasteiger partial charge >= 0.3 is 6.18 Å². The summed E-state index contributed by atoms with van der Waals surface area (Å²) >= 11 is 0. The molecule has 0 spiro atoms. The normalized spacial score (nSPS) is 16.6. The first kappa shape index (κ1) is 27.7. The van der Waals surface area contributed by atoms with Crippen molar-refractivity contribution in [2.45, 2.75) is 44.2 Å². The van der Waals surface area contributed by atoms with Crippen molar-refractivity contribution < 1.29 is 27.9 Å². The number of nitro benzene ring substituents is 1. The summed E-state index contributed by atoms with van der Waals surface area (Å²) in [5, 5.41) is 23.0. The van der Waals surface area contributed by atoms with Gasteiger partial charge < -0.3 is 14.4 Å². The van der Waals surface area contributed by atoms with Gasteiger partial charge in [-0.05, 0) is 43.5 Å². The van der Waals surface area contributed by atoms with E-state index in [1.54, 1.807) is 4.90 Å². The Labute approximate surface area is 229 Å². The fourth-order valence-corrected chi connectivity index (χ4v) is 5.28. The molecule has 3 aromatic carbocycles. The van der Waals surface area contributed by atoms with Gasteiger partial charge in [-0.1, -0.05) is 48.0 Å². The van der Waals surface area contributed by atoms with Crippen LogP contribution >= 0.6 is 0 Å². The molecule has 2 heterocycles. The largest absolute Gasteiger partial charge is 0.490 e. The fourth-order valence-electron chi connectivity index (χ4n) is 5.28. The molecule has 5 rings (SSSR count). The van der Waals surface area contributed by atoms with E-state index in [4.69, 9.17) is 4.74 Å². The summed E-state index contributed by atoms with van der Waals surface area (Å²) in [6.07, 6.45) is -2.81. The number of aromatic nitrogens is 1. The van der Waals surface area contributed by atoms with Gasteiger partial charge in [0.15, 0.2) is 0 Å². The van der Waals surface area contributed by atoms with Gasteiger partial charge in [0.05, 0.1) is 10.4 Å². The monoisotopic (exact) mass is 553 g/mol. The first-order chi connectivity index (χ1) is 19.0. The Balaban J connectivity index is 1.43. The molecule has 210 valence electrons. The number of ether oxygens (including phenoxy) is 1. The number of aryl methyl sites for hydroxylation is 1. The Hall–Kier alpha value is -3.89. The van der Waals surface area contributed by atoms with Crippen LogP contribution in [0.3, 0.4) is 0 Å². The number of aliphatic hydroxyl groups is 1. The van der Waals surface area contributed by atoms with Crippen LogP contribution < -0.4 is 4.74 Å². The number of hydrogen-bond donors (Lipinski definition) is 1. The molecule has 1 atom stereocenters. The van der Waals surface area contributed by atoms with Gasteiger partial charge in [0.2, 0.25) is 5.60 Å². The van der Waals surface area contributed by atoms with Crippen molar-refractivity contribution in [3.63, 3.8) is 0 Å². The molecule has 1 N–H and O–H groups in total. The lowest BCUT2D eigenvalue weighted by atomic mass is 9.91. The van der Waals surface area contributed by atoms with Crippen LogP contribution in [-0.4, -0.2) is 51.4 Å². The Morgan fingerprint density at radius 3 is 2.33 bits per heavy atom. The van der Waals surface area contributed by atoms with E-state index in [1.165, 1.54) is 29.0 Å². The maximum absolute atomic E-state index is 14.7. The maximum atomic E-state index is 14.7. The molecule has 1 aromatic heterocycles. The average molecular weight is 554 g/mol. The lowest BCUT2D eigenvalue weighted by molar-refractivity contribution is -0.384. The maximum Gasteiger partial charge on any atom is 0.422 e. The molecule has 1 aliphatic heterocycles. The Morgan fingerprint density at radius 1 is 1.02 bits per heavy atom. The van der Waals surface area contributed by atoms with Crippen molar-refractivity contribution in [3.05, 3.63) is 106 Å². The highest BCUT2D eigenvalue weighted by atomic mass is 19.4. The molecular formula is C30H30F3N3O4. The minimum atomic E-state index is -4.99. The lowest BCUT2D eigenvalue weighted by Crippen LogP contribution is -2.53. The van der Waals surface area contributed by atoms with Crippen LogP contribution in [-0.2, 0) is 12.1 Å². The second kappa shape index (κ2) is 10.9. The number of piperidine rings is 1. The molecule has 0 radical (unpaired) electrons. The summed E-state index contributed by atoms with van der Waals surface area (Å²) in [5.74, 6) is 0.719. The number of nitro groups is 1. The van der Waals surface area contributed by atoms with Crippen LogP contribution in [0.2, 0.25) is 0 Å². The molecule has 0 saturated carbocycles. The van der Waals surface area contributed by atoms with E-state index in [0.29, 0.717) is 25.9 Å². The van der Waals surface area contributed by atoms with Crippen molar-refractivity contribution in [1.82, 2.24) is 9.47 Å². The number of rotatable bonds is 8. The predicted molar refractivity (Wildman–Crippen MR) is 145 cm³/mol. The van der Waals surface area contributed by atoms with Crippen LogP contribution in [0, 0.1) is 17.0 Å². The summed E-state index contributed by atoms with van der Waals surface area (Å²) in [5.41, 5.74) is -1.58. The number of nitrogens with zero attached hydrogens (tertiary/aromatic N) is 3. The quantitative estimate of drug-likeness (QED) is 0.208. The first-order valence-electron chi connectivity index (χ1n) is 13.1. The molecule has 40 heavy (non-hydrogen) atoms. The molecule has 7 nitrogen and oxygen atoms in total. The summed E-state index contributed by atoms with van der Waals surface area (Å²) in [7, 11) is 0. The van der Waals surface area contributed by atoms with Gasteiger partial charge in [-0.2, -0.15) is 13.2 Å². The summed E-state index contributed by atoms with van der Waals surface area (Å²) < 4.78 is 51.6. The van der Waals surface area contributed by atoms with Gasteiger partial charge in [0.25, 0.3) is 5.69 Å². The molecule has 1 unspecified atom stereocenters. The minimum absolute atomic E-state index is 0.124. The zero-order valence-electron chi connectivity index (χ0n) is 22.0. The van der Waals surface area contributed by atoms with Crippen LogP contribution in [0.4, 0.5) is 18.9 Å². The SMILES string of the molecule is Cc1ccc(OC2CCN(CC(O)(c3cn(Cc4ccccc4)c4cc([N+](=O)[O-])ccc34)C(F)(F)F)CC2)cc1. The number of benzene rings is 3. The van der Waals surface area contributed by atoms with E-state index in [1.807, 2.05) is 61.5 Å². The van der Waals surface area contributed by atoms with Gasteiger partial charge in [0.1, 0.15) is 11.9 Å². The number of hydrogen-bond acceptors (Lipinski definition) is 5. The second-order valence-electron chi connectivity index (χ2n) is 10.4. The molecule has 0 amide bonds. The molecule has 0 aliphatic carbocycles. The van der Waals surface area contributed by atoms with Crippen molar-refractivity contribution >= 4 is 16.6 Å². The minimum Gasteiger partial charge on any atom is -0.490 e. The fraction of sp³-hybridized carbons (Fsp3) is 0.333. The number of halogens is 3. The molecule has 1 saturated heterocycles. The lowest BCUT2D eigenvalue weighted by Gasteiger charge is -2.39. The Bertz CT molecular complexity index is 1480. The van der Waals surface area contributed by atoms with Crippen molar-refractivity contribution in [3.8, 4) is 5.75 Å². The average Bonchev–Trinajstić information content (AvgIpc) is 3.29. The van der Waals surface area contributed by atoms with Crippen molar-refractivity contribution in [2.24, 2.45) is 0 Å². The predicted octanol–water partition coefficient (Wildman–Crippen LogP) is 6.20. The van der Waals surface area contributed by atoms with E-state index >= 15 is 0 Å². The van der Waals surface area contributed by atoms with Gasteiger partial charge in [-0.15, -0.1) is 0 Å². The van der Waals surface area contributed by atoms with E-state index in [9.17, 15) is 28.4 Å². The highest BCUT2D eigenvalue weighted by Gasteiger charge is 2.57. The van der Waals surface area contributed by atoms with E-state index in [-0.39, 0.29) is 34.8 Å². The highest BCUT2D eigenvalue weighted by Crippen LogP contribution is 2.44. The molecular weight excluding hydrogens is 523 g/mol. The number of β-amino-alcohol motifs (C(OH)–C–C–N with tert-alkyl or cyclic N) is 1. The Morgan fingerprint density at radius 2 is 1.70 bits per heavy atom. The topological polar surface area (TPSA) is 80.8 Å². The smallest absolute Gasteiger partial charge is 0.422 e. The molecule has 10 heteroatoms. The summed E-state index contributed by atoms with van der Waals surface area (Å²) in [4.78, 5) is 12.5. The van der Waals surface area contributed by atoms with Crippen LogP contribution in [0.5, 0.6) is 5.75 Å². The third kappa shape index (κ3) is 5.68. The first-order valence-corrected chi connectivity index (χ1v) is 13.1. The molecule has 0 bridgehead atoms. The number of likely N-dealkylation sites (tertiary alicyclic amines) is 1. The summed E-state index contributed by atoms with van der Waals surface area (Å²) in [6, 6.07) is 20.4. The van der Waals surface area contributed by atoms with E-state index < -0.39 is 23.2 Å². The zero-order chi connectivity index (χ0) is 28.5. The Kier molecular flexibility index (Phi) is 7.57. The zero-order valence-corrected chi connectivity index (χ0v) is 22.0. The number of alkyl halides is 3. The second-order valence-corrected chi connectivity index (χ2v) is 10.4. The number of non-ortho nitro benzene ring substituents is 1. The van der Waals surface area contributed by atoms with Crippen LogP contribution in [0.1, 0.15) is 29.5 Å². The standard InChI is InChI=1S/C30H30F3N3O4/c1-21-7-10-24(11-8-21)40-25-13-15-34(16-14-25)20-29(37,30(31,32)33)27-19-35(18-22-5-3-2-4-6-22)28-17-23(36(38)39)9-12-26(27)28/h2-12,17,19,25,37H,13-16,18,20H2,1H3. The van der Waals surface area contributed by atoms with Gasteiger partial charge in [-0.25, -0.2) is 0 Å². The van der Waals surface area contributed by atoms with Crippen LogP contribution in [0.25, 0.3) is 10.9 Å². The van der Waals surface area contributed by atoms with Crippen molar-refractivity contribution in [2.75, 3.05) is 19.6 Å². The van der Waals surface area contributed by atoms with E-state index in [2.05, 4.69) is 0 Å². The van der Waals surface area contributed by atoms with Gasteiger partial charge in [0, 0.05) is 55.5 Å². The van der Waals surface area contributed by atoms with Gasteiger partial charge in [-0.3, -0.25) is 15.0 Å². The molecule has 4 aromatic rings. The van der Waals surface area contributed by atoms with Crippen molar-refractivity contribution in [1.29, 1.82) is 0 Å². The molecule has 1 fully saturated rings. The highest BCUT2D eigenvalue weighted by molar-refractivity contribution is 5.87.